The predicted octanol–water partition coefficient (Wildman–Crippen LogP) is 1.42. The zero-order valence-electron chi connectivity index (χ0n) is 25.2. The molecule has 12 nitrogen and oxygen atoms in total. The molecule has 0 aromatic heterocycles. The molecule has 0 saturated carbocycles. The zero-order valence-corrected chi connectivity index (χ0v) is 25.2. The summed E-state index contributed by atoms with van der Waals surface area (Å²) >= 11 is 0. The first-order valence-corrected chi connectivity index (χ1v) is 16.0. The van der Waals surface area contributed by atoms with E-state index >= 15 is 0 Å². The van der Waals surface area contributed by atoms with Crippen molar-refractivity contribution in [3.63, 3.8) is 0 Å². The molecule has 0 aromatic rings. The van der Waals surface area contributed by atoms with Gasteiger partial charge in [0.25, 0.3) is 0 Å². The van der Waals surface area contributed by atoms with Gasteiger partial charge in [-0.3, -0.25) is 4.79 Å². The quantitative estimate of drug-likeness (QED) is 0.0732. The molecule has 2 rings (SSSR count). The molecule has 10 atom stereocenters. The Labute approximate surface area is 249 Å². The summed E-state index contributed by atoms with van der Waals surface area (Å²) in [5.74, 6) is -0.634. The summed E-state index contributed by atoms with van der Waals surface area (Å²) in [6.07, 6.45) is 2.40. The van der Waals surface area contributed by atoms with Crippen molar-refractivity contribution >= 4 is 5.97 Å². The van der Waals surface area contributed by atoms with Crippen LogP contribution in [0, 0.1) is 0 Å². The lowest BCUT2D eigenvalue weighted by Gasteiger charge is -2.45. The molecule has 12 heteroatoms. The first-order valence-electron chi connectivity index (χ1n) is 16.0. The number of rotatable bonds is 21. The van der Waals surface area contributed by atoms with Crippen LogP contribution in [0.3, 0.4) is 0 Å². The lowest BCUT2D eigenvalue weighted by Crippen LogP contribution is -2.65. The maximum atomic E-state index is 12.5. The second-order valence-corrected chi connectivity index (χ2v) is 11.7. The molecule has 0 amide bonds. The zero-order chi connectivity index (χ0) is 30.9. The Balaban J connectivity index is 1.66. The summed E-state index contributed by atoms with van der Waals surface area (Å²) in [6.45, 7) is 0.855. The van der Waals surface area contributed by atoms with Gasteiger partial charge in [-0.15, -0.1) is 0 Å². The maximum Gasteiger partial charge on any atom is 0.306 e. The maximum absolute atomic E-state index is 12.5. The molecule has 2 aliphatic rings. The van der Waals surface area contributed by atoms with E-state index in [4.69, 9.17) is 18.9 Å². The van der Waals surface area contributed by atoms with Gasteiger partial charge in [0.05, 0.1) is 13.2 Å². The summed E-state index contributed by atoms with van der Waals surface area (Å²) in [7, 11) is 0. The summed E-state index contributed by atoms with van der Waals surface area (Å²) < 4.78 is 21.5. The summed E-state index contributed by atoms with van der Waals surface area (Å²) in [5, 5.41) is 70.5. The van der Waals surface area contributed by atoms with Crippen molar-refractivity contribution in [3.8, 4) is 0 Å². The molecule has 2 aliphatic heterocycles. The van der Waals surface area contributed by atoms with Crippen LogP contribution in [0.25, 0.3) is 0 Å². The van der Waals surface area contributed by atoms with Crippen molar-refractivity contribution in [1.82, 2.24) is 0 Å². The van der Waals surface area contributed by atoms with Gasteiger partial charge in [-0.25, -0.2) is 0 Å². The van der Waals surface area contributed by atoms with E-state index < -0.39 is 80.6 Å². The van der Waals surface area contributed by atoms with Crippen LogP contribution >= 0.6 is 0 Å². The Kier molecular flexibility index (Phi) is 18.6. The second kappa shape index (κ2) is 20.9. The van der Waals surface area contributed by atoms with Gasteiger partial charge >= 0.3 is 5.97 Å². The molecular formula is C30H56O12. The van der Waals surface area contributed by atoms with E-state index in [0.717, 1.165) is 19.3 Å². The Morgan fingerprint density at radius 3 is 1.60 bits per heavy atom. The van der Waals surface area contributed by atoms with E-state index in [1.165, 1.54) is 70.6 Å². The predicted molar refractivity (Wildman–Crippen MR) is 152 cm³/mol. The number of aliphatic hydroxyl groups excluding tert-OH is 7. The van der Waals surface area contributed by atoms with Gasteiger partial charge in [0.2, 0.25) is 0 Å². The first-order chi connectivity index (χ1) is 20.2. The van der Waals surface area contributed by atoms with E-state index in [2.05, 4.69) is 6.92 Å². The molecule has 2 saturated heterocycles. The average molecular weight is 609 g/mol. The number of hydrogen-bond acceptors (Lipinski definition) is 12. The van der Waals surface area contributed by atoms with Gasteiger partial charge in [0, 0.05) is 6.42 Å². The van der Waals surface area contributed by atoms with Crippen LogP contribution in [-0.2, 0) is 23.7 Å². The van der Waals surface area contributed by atoms with Gasteiger partial charge in [0.1, 0.15) is 42.7 Å². The van der Waals surface area contributed by atoms with Crippen LogP contribution in [0.5, 0.6) is 0 Å². The van der Waals surface area contributed by atoms with Crippen LogP contribution in [0.4, 0.5) is 0 Å². The van der Waals surface area contributed by atoms with Gasteiger partial charge in [0.15, 0.2) is 18.7 Å². The number of hydrogen-bond donors (Lipinski definition) is 7. The third-order valence-corrected chi connectivity index (χ3v) is 8.21. The summed E-state index contributed by atoms with van der Waals surface area (Å²) in [6, 6.07) is 0. The van der Waals surface area contributed by atoms with Crippen molar-refractivity contribution in [2.45, 2.75) is 171 Å². The molecule has 1 unspecified atom stereocenters. The van der Waals surface area contributed by atoms with Crippen molar-refractivity contribution in [3.05, 3.63) is 0 Å². The Morgan fingerprint density at radius 1 is 0.595 bits per heavy atom. The van der Waals surface area contributed by atoms with E-state index in [1.807, 2.05) is 0 Å². The van der Waals surface area contributed by atoms with E-state index in [1.54, 1.807) is 0 Å². The van der Waals surface area contributed by atoms with Crippen LogP contribution in [-0.4, -0.2) is 116 Å². The molecule has 0 spiro atoms. The van der Waals surface area contributed by atoms with Gasteiger partial charge < -0.3 is 54.7 Å². The van der Waals surface area contributed by atoms with Crippen molar-refractivity contribution in [1.29, 1.82) is 0 Å². The lowest BCUT2D eigenvalue weighted by molar-refractivity contribution is -0.355. The molecule has 2 heterocycles. The minimum Gasteiger partial charge on any atom is -0.454 e. The number of carbonyl (C=O) groups excluding carboxylic acids is 1. The van der Waals surface area contributed by atoms with Gasteiger partial charge in [-0.05, 0) is 6.42 Å². The molecule has 7 N–H and O–H groups in total. The fraction of sp³-hybridized carbons (Fsp3) is 0.967. The second-order valence-electron chi connectivity index (χ2n) is 11.7. The van der Waals surface area contributed by atoms with Crippen molar-refractivity contribution in [2.24, 2.45) is 0 Å². The molecular weight excluding hydrogens is 552 g/mol. The highest BCUT2D eigenvalue weighted by Crippen LogP contribution is 2.30. The van der Waals surface area contributed by atoms with Gasteiger partial charge in [-0.2, -0.15) is 0 Å². The topological polar surface area (TPSA) is 196 Å². The van der Waals surface area contributed by atoms with Crippen LogP contribution in [0.1, 0.15) is 110 Å². The Morgan fingerprint density at radius 2 is 1.10 bits per heavy atom. The number of ether oxygens (including phenoxy) is 4. The highest BCUT2D eigenvalue weighted by molar-refractivity contribution is 5.69. The normalized spacial score (nSPS) is 33.5. The van der Waals surface area contributed by atoms with E-state index in [-0.39, 0.29) is 6.42 Å². The summed E-state index contributed by atoms with van der Waals surface area (Å²) in [4.78, 5) is 12.5. The van der Waals surface area contributed by atoms with Crippen LogP contribution in [0.2, 0.25) is 0 Å². The molecule has 0 aromatic carbocycles. The van der Waals surface area contributed by atoms with Crippen LogP contribution < -0.4 is 0 Å². The minimum atomic E-state index is -1.76. The molecule has 248 valence electrons. The monoisotopic (exact) mass is 608 g/mol. The minimum absolute atomic E-state index is 0.0931. The number of carbonyl (C=O) groups is 1. The standard InChI is InChI=1S/C30H56O12/c1-2-3-4-5-6-7-8-9-10-11-12-13-14-15-16-17-22(33)41-28-26(37)27(21(19-32)39-29(28)38)42-30-25(36)24(35)23(34)20(18-31)40-30/h20-21,23-32,34-38H,2-19H2,1H3/t20-,21-,23+,24+,25-,26+,27-,28-,29?,30+/m1/s1. The average Bonchev–Trinajstić information content (AvgIpc) is 2.98. The Bertz CT molecular complexity index is 710. The van der Waals surface area contributed by atoms with E-state index in [0.29, 0.717) is 6.42 Å². The van der Waals surface area contributed by atoms with E-state index in [9.17, 15) is 40.5 Å². The first kappa shape index (κ1) is 37.3. The highest BCUT2D eigenvalue weighted by atomic mass is 16.7. The summed E-state index contributed by atoms with van der Waals surface area (Å²) in [5.41, 5.74) is 0. The van der Waals surface area contributed by atoms with Crippen molar-refractivity contribution in [2.75, 3.05) is 13.2 Å². The molecule has 0 radical (unpaired) electrons. The number of esters is 1. The van der Waals surface area contributed by atoms with Crippen molar-refractivity contribution < 1.29 is 59.5 Å². The third-order valence-electron chi connectivity index (χ3n) is 8.21. The third kappa shape index (κ3) is 12.2. The lowest BCUT2D eigenvalue weighted by atomic mass is 9.97. The highest BCUT2D eigenvalue weighted by Gasteiger charge is 2.51. The largest absolute Gasteiger partial charge is 0.454 e. The Hall–Kier alpha value is -0.930. The molecule has 0 bridgehead atoms. The van der Waals surface area contributed by atoms with Gasteiger partial charge in [-0.1, -0.05) is 96.8 Å². The molecule has 42 heavy (non-hydrogen) atoms. The molecule has 2 fully saturated rings. The van der Waals surface area contributed by atoms with Crippen LogP contribution in [0.15, 0.2) is 0 Å². The SMILES string of the molecule is CCCCCCCCCCCCCCCCCC(=O)O[C@H]1C(O)O[C@H](CO)[C@@H](O[C@@H]2O[C@H](CO)[C@H](O)[C@H](O)[C@H]2O)[C@@H]1O. The fourth-order valence-corrected chi connectivity index (χ4v) is 5.54. The smallest absolute Gasteiger partial charge is 0.306 e. The number of aliphatic hydroxyl groups is 7. The number of unbranched alkanes of at least 4 members (excludes halogenated alkanes) is 14. The molecule has 0 aliphatic carbocycles. The fourth-order valence-electron chi connectivity index (χ4n) is 5.54.